The number of hydrogen-bond acceptors (Lipinski definition) is 5. The van der Waals surface area contributed by atoms with Crippen molar-refractivity contribution in [1.29, 1.82) is 5.26 Å². The highest BCUT2D eigenvalue weighted by Gasteiger charge is 2.23. The molecule has 2 aromatic carbocycles. The molecule has 0 spiro atoms. The van der Waals surface area contributed by atoms with Gasteiger partial charge in [0.25, 0.3) is 5.91 Å². The van der Waals surface area contributed by atoms with Crippen molar-refractivity contribution in [1.82, 2.24) is 14.5 Å². The number of hydrogen-bond donors (Lipinski definition) is 1. The van der Waals surface area contributed by atoms with Crippen LogP contribution in [-0.4, -0.2) is 52.3 Å². The number of piperidine rings is 1. The van der Waals surface area contributed by atoms with Crippen LogP contribution in [0.4, 0.5) is 11.6 Å². The van der Waals surface area contributed by atoms with Gasteiger partial charge in [-0.15, -0.1) is 0 Å². The smallest absolute Gasteiger partial charge is 0.257 e. The van der Waals surface area contributed by atoms with Gasteiger partial charge in [-0.05, 0) is 80.5 Å². The molecule has 9 nitrogen and oxygen atoms in total. The summed E-state index contributed by atoms with van der Waals surface area (Å²) < 4.78 is 1.97. The van der Waals surface area contributed by atoms with Crippen LogP contribution < -0.4 is 10.2 Å². The molecule has 1 saturated heterocycles. The number of rotatable bonds is 9. The Kier molecular flexibility index (Phi) is 8.44. The number of aryl methyl sites for hydroxylation is 1. The molecule has 208 valence electrons. The van der Waals surface area contributed by atoms with Crippen LogP contribution in [0.25, 0.3) is 11.0 Å². The minimum atomic E-state index is -0.323. The second-order valence-corrected chi connectivity index (χ2v) is 10.9. The summed E-state index contributed by atoms with van der Waals surface area (Å²) in [5, 5.41) is 12.0. The van der Waals surface area contributed by atoms with E-state index in [0.717, 1.165) is 49.9 Å². The summed E-state index contributed by atoms with van der Waals surface area (Å²) >= 11 is 0. The first-order valence-electron chi connectivity index (χ1n) is 14.3. The van der Waals surface area contributed by atoms with Crippen molar-refractivity contribution >= 4 is 40.4 Å². The third-order valence-corrected chi connectivity index (χ3v) is 8.16. The van der Waals surface area contributed by atoms with Gasteiger partial charge in [0.15, 0.2) is 0 Å². The zero-order chi connectivity index (χ0) is 28.1. The van der Waals surface area contributed by atoms with Crippen molar-refractivity contribution in [3.63, 3.8) is 0 Å². The van der Waals surface area contributed by atoms with E-state index in [4.69, 9.17) is 10.2 Å². The number of amides is 3. The molecule has 3 amide bonds. The summed E-state index contributed by atoms with van der Waals surface area (Å²) in [6, 6.07) is 14.3. The quantitative estimate of drug-likeness (QED) is 0.406. The standard InChI is InChI=1S/C31H36N6O3/c1-35(29(39)19-22-7-2-3-8-22)25-14-15-27-26(20-25)33-31(34-30(40)24-12-10-23(21-32)11-13-24)37(27)18-6-17-36-16-5-4-9-28(36)38/h10-15,20,22H,2-9,16-19H2,1H3,(H,33,34,40). The summed E-state index contributed by atoms with van der Waals surface area (Å²) in [6.07, 6.45) is 8.51. The zero-order valence-corrected chi connectivity index (χ0v) is 23.1. The number of carbonyl (C=O) groups excluding carboxylic acids is 3. The van der Waals surface area contributed by atoms with E-state index in [-0.39, 0.29) is 17.7 Å². The molecular weight excluding hydrogens is 504 g/mol. The first kappa shape index (κ1) is 27.4. The SMILES string of the molecule is CN(C(=O)CC1CCCC1)c1ccc2c(c1)nc(NC(=O)c1ccc(C#N)cc1)n2CCCN1CCCCC1=O. The molecule has 0 unspecified atom stereocenters. The van der Waals surface area contributed by atoms with E-state index in [0.29, 0.717) is 54.4 Å². The van der Waals surface area contributed by atoms with E-state index in [1.165, 1.54) is 12.8 Å². The lowest BCUT2D eigenvalue weighted by molar-refractivity contribution is -0.133. The third kappa shape index (κ3) is 6.17. The van der Waals surface area contributed by atoms with Gasteiger partial charge in [0.05, 0.1) is 22.7 Å². The van der Waals surface area contributed by atoms with E-state index in [1.54, 1.807) is 36.2 Å². The maximum Gasteiger partial charge on any atom is 0.257 e. The summed E-state index contributed by atoms with van der Waals surface area (Å²) in [5.41, 5.74) is 3.20. The molecule has 1 aliphatic carbocycles. The molecule has 0 bridgehead atoms. The predicted molar refractivity (Wildman–Crippen MR) is 154 cm³/mol. The summed E-state index contributed by atoms with van der Waals surface area (Å²) in [6.45, 7) is 2.01. The highest BCUT2D eigenvalue weighted by Crippen LogP contribution is 2.30. The average molecular weight is 541 g/mol. The molecule has 5 rings (SSSR count). The number of fused-ring (bicyclic) bond motifs is 1. The minimum absolute atomic E-state index is 0.103. The maximum atomic E-state index is 13.1. The monoisotopic (exact) mass is 540 g/mol. The van der Waals surface area contributed by atoms with Crippen molar-refractivity contribution in [3.8, 4) is 6.07 Å². The molecule has 1 aromatic heterocycles. The van der Waals surface area contributed by atoms with E-state index < -0.39 is 0 Å². The molecule has 0 atom stereocenters. The number of imidazole rings is 1. The number of nitriles is 1. The van der Waals surface area contributed by atoms with Crippen LogP contribution in [0.5, 0.6) is 0 Å². The molecule has 0 radical (unpaired) electrons. The van der Waals surface area contributed by atoms with Crippen molar-refractivity contribution in [3.05, 3.63) is 53.6 Å². The van der Waals surface area contributed by atoms with Crippen molar-refractivity contribution in [2.24, 2.45) is 5.92 Å². The summed E-state index contributed by atoms with van der Waals surface area (Å²) in [4.78, 5) is 46.7. The second kappa shape index (κ2) is 12.3. The molecule has 2 fully saturated rings. The van der Waals surface area contributed by atoms with Gasteiger partial charge in [0.1, 0.15) is 0 Å². The number of benzene rings is 2. The molecule has 2 aliphatic rings. The second-order valence-electron chi connectivity index (χ2n) is 10.9. The van der Waals surface area contributed by atoms with Crippen LogP contribution in [0.2, 0.25) is 0 Å². The van der Waals surface area contributed by atoms with Gasteiger partial charge < -0.3 is 14.4 Å². The fraction of sp³-hybridized carbons (Fsp3) is 0.452. The van der Waals surface area contributed by atoms with E-state index in [2.05, 4.69) is 11.4 Å². The fourth-order valence-electron chi connectivity index (χ4n) is 5.78. The largest absolute Gasteiger partial charge is 0.343 e. The molecule has 2 heterocycles. The van der Waals surface area contributed by atoms with Gasteiger partial charge in [0.2, 0.25) is 17.8 Å². The summed E-state index contributed by atoms with van der Waals surface area (Å²) in [7, 11) is 1.80. The topological polar surface area (TPSA) is 111 Å². The average Bonchev–Trinajstić information content (AvgIpc) is 3.60. The Bertz CT molecular complexity index is 1430. The molecule has 40 heavy (non-hydrogen) atoms. The van der Waals surface area contributed by atoms with E-state index >= 15 is 0 Å². The van der Waals surface area contributed by atoms with Crippen LogP contribution >= 0.6 is 0 Å². The van der Waals surface area contributed by atoms with Gasteiger partial charge in [-0.1, -0.05) is 12.8 Å². The first-order chi connectivity index (χ1) is 19.4. The number of likely N-dealkylation sites (tertiary alicyclic amines) is 1. The van der Waals surface area contributed by atoms with Crippen molar-refractivity contribution in [2.45, 2.75) is 64.3 Å². The van der Waals surface area contributed by atoms with E-state index in [1.807, 2.05) is 27.7 Å². The Labute approximate surface area is 234 Å². The van der Waals surface area contributed by atoms with Gasteiger partial charge >= 0.3 is 0 Å². The van der Waals surface area contributed by atoms with Crippen LogP contribution in [0.15, 0.2) is 42.5 Å². The maximum absolute atomic E-state index is 13.1. The van der Waals surface area contributed by atoms with Gasteiger partial charge in [0, 0.05) is 50.8 Å². The number of nitrogens with zero attached hydrogens (tertiary/aromatic N) is 5. The van der Waals surface area contributed by atoms with Crippen molar-refractivity contribution < 1.29 is 14.4 Å². The molecule has 3 aromatic rings. The van der Waals surface area contributed by atoms with Gasteiger partial charge in [-0.25, -0.2) is 4.98 Å². The third-order valence-electron chi connectivity index (χ3n) is 8.16. The number of nitrogens with one attached hydrogen (secondary N) is 1. The number of carbonyl (C=O) groups is 3. The molecular formula is C31H36N6O3. The van der Waals surface area contributed by atoms with Gasteiger partial charge in [-0.2, -0.15) is 5.26 Å². The normalized spacial score (nSPS) is 15.8. The lowest BCUT2D eigenvalue weighted by Gasteiger charge is -2.26. The Hall–Kier alpha value is -4.19. The van der Waals surface area contributed by atoms with Crippen LogP contribution in [-0.2, 0) is 16.1 Å². The lowest BCUT2D eigenvalue weighted by Crippen LogP contribution is -2.36. The van der Waals surface area contributed by atoms with Crippen LogP contribution in [0.1, 0.15) is 73.7 Å². The minimum Gasteiger partial charge on any atom is -0.343 e. The first-order valence-corrected chi connectivity index (χ1v) is 14.3. The Morgan fingerprint density at radius 2 is 1.85 bits per heavy atom. The number of aromatic nitrogens is 2. The molecule has 1 N–H and O–H groups in total. The summed E-state index contributed by atoms with van der Waals surface area (Å²) in [5.74, 6) is 0.855. The predicted octanol–water partition coefficient (Wildman–Crippen LogP) is 5.11. The highest BCUT2D eigenvalue weighted by atomic mass is 16.2. The highest BCUT2D eigenvalue weighted by molar-refractivity contribution is 6.04. The van der Waals surface area contributed by atoms with Crippen LogP contribution in [0.3, 0.4) is 0 Å². The Morgan fingerprint density at radius 3 is 2.58 bits per heavy atom. The molecule has 1 saturated carbocycles. The zero-order valence-electron chi connectivity index (χ0n) is 23.1. The van der Waals surface area contributed by atoms with Crippen molar-refractivity contribution in [2.75, 3.05) is 30.4 Å². The Balaban J connectivity index is 1.38. The number of anilines is 2. The van der Waals surface area contributed by atoms with E-state index in [9.17, 15) is 14.4 Å². The van der Waals surface area contributed by atoms with Gasteiger partial charge in [-0.3, -0.25) is 19.7 Å². The van der Waals surface area contributed by atoms with Crippen LogP contribution in [0, 0.1) is 17.2 Å². The Morgan fingerprint density at radius 1 is 1.07 bits per heavy atom. The molecule has 1 aliphatic heterocycles. The lowest BCUT2D eigenvalue weighted by atomic mass is 10.0. The fourth-order valence-corrected chi connectivity index (χ4v) is 5.78. The molecule has 9 heteroatoms.